The van der Waals surface area contributed by atoms with E-state index in [0.29, 0.717) is 5.92 Å². The van der Waals surface area contributed by atoms with Crippen molar-refractivity contribution in [2.45, 2.75) is 39.0 Å². The lowest BCUT2D eigenvalue weighted by Gasteiger charge is -2.22. The van der Waals surface area contributed by atoms with Gasteiger partial charge in [0.25, 0.3) is 0 Å². The van der Waals surface area contributed by atoms with Crippen molar-refractivity contribution in [2.75, 3.05) is 0 Å². The molecule has 0 bridgehead atoms. The Morgan fingerprint density at radius 3 is 1.63 bits per heavy atom. The standard InChI is InChI=1S/C62H46/c1-38(2)54-34-44(26-29-47(54)39-14-6-5-7-15-39)55-36-59-51-30-25-42(41-24-28-48-43(32-41)23-22-40-16-8-9-17-46(40)48)33-57(51)56(37-58(59)50-19-11-10-18-49(50)55)45-27-31-53-52-20-12-13-21-60(52)62(3,4)61(53)35-45/h5-38H,1-4H3. The lowest BCUT2D eigenvalue weighted by atomic mass is 9.81. The first kappa shape index (κ1) is 36.6. The summed E-state index contributed by atoms with van der Waals surface area (Å²) in [7, 11) is 0. The summed E-state index contributed by atoms with van der Waals surface area (Å²) in [6.45, 7) is 9.39. The molecule has 0 atom stereocenters. The minimum Gasteiger partial charge on any atom is -0.0622 e. The van der Waals surface area contributed by atoms with E-state index in [-0.39, 0.29) is 5.41 Å². The third-order valence-electron chi connectivity index (χ3n) is 14.0. The van der Waals surface area contributed by atoms with Crippen LogP contribution in [0.1, 0.15) is 50.3 Å². The summed E-state index contributed by atoms with van der Waals surface area (Å²) in [5.74, 6) is 0.373. The van der Waals surface area contributed by atoms with E-state index in [2.05, 4.69) is 228 Å². The average molecular weight is 791 g/mol. The smallest absolute Gasteiger partial charge is 0.0159 e. The van der Waals surface area contributed by atoms with E-state index in [1.807, 2.05) is 0 Å². The van der Waals surface area contributed by atoms with Gasteiger partial charge in [0, 0.05) is 5.41 Å². The number of hydrogen-bond acceptors (Lipinski definition) is 0. The van der Waals surface area contributed by atoms with Gasteiger partial charge >= 0.3 is 0 Å². The largest absolute Gasteiger partial charge is 0.0622 e. The molecule has 0 radical (unpaired) electrons. The number of benzene rings is 11. The minimum atomic E-state index is -0.0957. The first-order chi connectivity index (χ1) is 30.3. The second-order valence-electron chi connectivity index (χ2n) is 18.2. The highest BCUT2D eigenvalue weighted by Gasteiger charge is 2.35. The Kier molecular flexibility index (Phi) is 8.18. The van der Waals surface area contributed by atoms with Gasteiger partial charge in [-0.05, 0) is 162 Å². The highest BCUT2D eigenvalue weighted by molar-refractivity contribution is 6.24. The Bertz CT molecular complexity index is 3620. The van der Waals surface area contributed by atoms with Gasteiger partial charge in [-0.3, -0.25) is 0 Å². The summed E-state index contributed by atoms with van der Waals surface area (Å²) in [5, 5.41) is 12.8. The highest BCUT2D eigenvalue weighted by Crippen LogP contribution is 2.51. The van der Waals surface area contributed by atoms with Gasteiger partial charge in [0.15, 0.2) is 0 Å². The van der Waals surface area contributed by atoms with Crippen LogP contribution in [0.4, 0.5) is 0 Å². The maximum absolute atomic E-state index is 2.49. The second-order valence-corrected chi connectivity index (χ2v) is 18.2. The van der Waals surface area contributed by atoms with Crippen molar-refractivity contribution >= 4 is 53.9 Å². The zero-order chi connectivity index (χ0) is 41.7. The molecule has 294 valence electrons. The monoisotopic (exact) mass is 790 g/mol. The van der Waals surface area contributed by atoms with Crippen LogP contribution in [0.2, 0.25) is 0 Å². The van der Waals surface area contributed by atoms with Gasteiger partial charge in [-0.2, -0.15) is 0 Å². The Hall–Kier alpha value is -7.28. The molecule has 0 saturated carbocycles. The molecule has 0 heterocycles. The van der Waals surface area contributed by atoms with Gasteiger partial charge in [-0.15, -0.1) is 0 Å². The highest BCUT2D eigenvalue weighted by atomic mass is 14.4. The predicted octanol–water partition coefficient (Wildman–Crippen LogP) is 17.6. The van der Waals surface area contributed by atoms with Crippen molar-refractivity contribution < 1.29 is 0 Å². The molecule has 0 unspecified atom stereocenters. The molecule has 0 heteroatoms. The van der Waals surface area contributed by atoms with Crippen LogP contribution < -0.4 is 0 Å². The molecule has 0 spiro atoms. The second kappa shape index (κ2) is 13.9. The van der Waals surface area contributed by atoms with Crippen LogP contribution in [0.5, 0.6) is 0 Å². The zero-order valence-corrected chi connectivity index (χ0v) is 35.6. The van der Waals surface area contributed by atoms with Gasteiger partial charge in [0.05, 0.1) is 0 Å². The fraction of sp³-hybridized carbons (Fsp3) is 0.0968. The normalized spacial score (nSPS) is 13.1. The van der Waals surface area contributed by atoms with Crippen LogP contribution in [-0.2, 0) is 5.41 Å². The first-order valence-corrected chi connectivity index (χ1v) is 22.1. The molecule has 0 N–H and O–H groups in total. The topological polar surface area (TPSA) is 0 Å². The quantitative estimate of drug-likeness (QED) is 0.152. The van der Waals surface area contributed by atoms with Crippen molar-refractivity contribution in [3.05, 3.63) is 217 Å². The molecular formula is C62H46. The van der Waals surface area contributed by atoms with E-state index in [0.717, 1.165) is 0 Å². The van der Waals surface area contributed by atoms with Crippen molar-refractivity contribution in [3.8, 4) is 55.6 Å². The van der Waals surface area contributed by atoms with Gasteiger partial charge in [-0.1, -0.05) is 198 Å². The van der Waals surface area contributed by atoms with Gasteiger partial charge in [0.2, 0.25) is 0 Å². The van der Waals surface area contributed by atoms with Crippen LogP contribution in [-0.4, -0.2) is 0 Å². The summed E-state index contributed by atoms with van der Waals surface area (Å²) in [5.41, 5.74) is 16.8. The van der Waals surface area contributed by atoms with Crippen molar-refractivity contribution in [3.63, 3.8) is 0 Å². The molecule has 1 aliphatic carbocycles. The van der Waals surface area contributed by atoms with Crippen molar-refractivity contribution in [2.24, 2.45) is 0 Å². The Morgan fingerprint density at radius 2 is 0.839 bits per heavy atom. The number of rotatable bonds is 5. The molecule has 0 aromatic heterocycles. The maximum Gasteiger partial charge on any atom is 0.0159 e. The summed E-state index contributed by atoms with van der Waals surface area (Å²) in [6, 6.07) is 75.6. The van der Waals surface area contributed by atoms with E-state index in [1.54, 1.807) is 0 Å². The van der Waals surface area contributed by atoms with Crippen molar-refractivity contribution in [1.29, 1.82) is 0 Å². The lowest BCUT2D eigenvalue weighted by molar-refractivity contribution is 0.660. The van der Waals surface area contributed by atoms with Crippen LogP contribution >= 0.6 is 0 Å². The average Bonchev–Trinajstić information content (AvgIpc) is 3.55. The Morgan fingerprint density at radius 1 is 0.290 bits per heavy atom. The molecule has 1 aliphatic rings. The van der Waals surface area contributed by atoms with E-state index >= 15 is 0 Å². The summed E-state index contributed by atoms with van der Waals surface area (Å²) in [4.78, 5) is 0. The van der Waals surface area contributed by atoms with Crippen molar-refractivity contribution in [1.82, 2.24) is 0 Å². The predicted molar refractivity (Wildman–Crippen MR) is 267 cm³/mol. The third-order valence-corrected chi connectivity index (χ3v) is 14.0. The molecule has 0 aliphatic heterocycles. The van der Waals surface area contributed by atoms with E-state index < -0.39 is 0 Å². The maximum atomic E-state index is 2.49. The molecule has 0 nitrogen and oxygen atoms in total. The molecule has 0 fully saturated rings. The first-order valence-electron chi connectivity index (χ1n) is 22.1. The molecular weight excluding hydrogens is 745 g/mol. The van der Waals surface area contributed by atoms with Gasteiger partial charge in [0.1, 0.15) is 0 Å². The molecule has 11 aromatic carbocycles. The van der Waals surface area contributed by atoms with Crippen LogP contribution in [0, 0.1) is 0 Å². The number of fused-ring (bicyclic) bond motifs is 11. The summed E-state index contributed by atoms with van der Waals surface area (Å²) in [6.07, 6.45) is 0. The fourth-order valence-corrected chi connectivity index (χ4v) is 10.8. The lowest BCUT2D eigenvalue weighted by Crippen LogP contribution is -2.14. The van der Waals surface area contributed by atoms with Gasteiger partial charge in [-0.25, -0.2) is 0 Å². The summed E-state index contributed by atoms with van der Waals surface area (Å²) < 4.78 is 0. The zero-order valence-electron chi connectivity index (χ0n) is 35.6. The third kappa shape index (κ3) is 5.60. The molecule has 11 aromatic rings. The van der Waals surface area contributed by atoms with E-state index in [1.165, 1.54) is 126 Å². The van der Waals surface area contributed by atoms with Crippen LogP contribution in [0.3, 0.4) is 0 Å². The number of hydrogen-bond donors (Lipinski definition) is 0. The van der Waals surface area contributed by atoms with Gasteiger partial charge < -0.3 is 0 Å². The van der Waals surface area contributed by atoms with E-state index in [4.69, 9.17) is 0 Å². The molecule has 0 amide bonds. The Labute approximate surface area is 363 Å². The van der Waals surface area contributed by atoms with E-state index in [9.17, 15) is 0 Å². The van der Waals surface area contributed by atoms with Crippen LogP contribution in [0.15, 0.2) is 200 Å². The van der Waals surface area contributed by atoms with Crippen LogP contribution in [0.25, 0.3) is 109 Å². The molecule has 62 heavy (non-hydrogen) atoms. The Balaban J connectivity index is 1.11. The molecule has 0 saturated heterocycles. The summed E-state index contributed by atoms with van der Waals surface area (Å²) >= 11 is 0. The molecule has 12 rings (SSSR count). The SMILES string of the molecule is CC(C)c1cc(-c2cc3c4ccc(-c5ccc6c(ccc7ccccc76)c5)cc4c(-c4ccc5c(c4)C(C)(C)c4ccccc4-5)cc3c3ccccc23)ccc1-c1ccccc1. The fourth-order valence-electron chi connectivity index (χ4n) is 10.8. The minimum absolute atomic E-state index is 0.0957.